The molecule has 326 valence electrons. The quantitative estimate of drug-likeness (QED) is 0.121. The summed E-state index contributed by atoms with van der Waals surface area (Å²) in [6.07, 6.45) is 13.3. The van der Waals surface area contributed by atoms with E-state index in [4.69, 9.17) is 0 Å². The van der Waals surface area contributed by atoms with Gasteiger partial charge in [0.15, 0.2) is 0 Å². The van der Waals surface area contributed by atoms with Crippen LogP contribution in [-0.2, 0) is 0 Å². The molecule has 0 atom stereocenters. The molecule has 0 N–H and O–H groups in total. The van der Waals surface area contributed by atoms with E-state index in [2.05, 4.69) is 173 Å². The molecule has 0 radical (unpaired) electrons. The van der Waals surface area contributed by atoms with Crippen molar-refractivity contribution in [3.63, 3.8) is 0 Å². The molecule has 0 spiro atoms. The second-order valence-electron chi connectivity index (χ2n) is 21.4. The maximum Gasteiger partial charge on any atom is 0.253 e. The second kappa shape index (κ2) is 13.7. The molecule has 2 nitrogen and oxygen atoms in total. The Morgan fingerprint density at radius 2 is 0.826 bits per heavy atom. The number of nitrogens with zero attached hydrogens (tertiary/aromatic N) is 2. The summed E-state index contributed by atoms with van der Waals surface area (Å²) in [5.74, 6) is 1.23. The van der Waals surface area contributed by atoms with E-state index < -0.39 is 0 Å². The topological polar surface area (TPSA) is 9.86 Å². The number of aromatic nitrogens is 2. The van der Waals surface area contributed by atoms with Crippen molar-refractivity contribution in [2.45, 2.75) is 76.0 Å². The highest BCUT2D eigenvalue weighted by molar-refractivity contribution is 7.02. The zero-order valence-corrected chi connectivity index (χ0v) is 38.8. The zero-order chi connectivity index (χ0) is 44.6. The Hall–Kier alpha value is -7.36. The molecule has 13 aromatic rings. The third-order valence-electron chi connectivity index (χ3n) is 18.2. The zero-order valence-electron chi connectivity index (χ0n) is 38.8. The molecule has 2 aliphatic heterocycles. The van der Waals surface area contributed by atoms with Gasteiger partial charge >= 0.3 is 0 Å². The molecule has 11 aromatic carbocycles. The largest absolute Gasteiger partial charge is 0.310 e. The molecule has 2 fully saturated rings. The second-order valence-corrected chi connectivity index (χ2v) is 21.4. The predicted molar refractivity (Wildman–Crippen MR) is 296 cm³/mol. The molecule has 2 aliphatic carbocycles. The van der Waals surface area contributed by atoms with Gasteiger partial charge in [-0.25, -0.2) is 0 Å². The fourth-order valence-electron chi connectivity index (χ4n) is 15.3. The van der Waals surface area contributed by atoms with Gasteiger partial charge in [0, 0.05) is 43.8 Å². The molecule has 2 aromatic heterocycles. The van der Waals surface area contributed by atoms with Gasteiger partial charge in [-0.05, 0) is 167 Å². The number of rotatable bonds is 2. The number of hydrogen-bond donors (Lipinski definition) is 0. The van der Waals surface area contributed by atoms with Crippen molar-refractivity contribution in [1.82, 2.24) is 9.13 Å². The minimum atomic E-state index is 0.0355. The van der Waals surface area contributed by atoms with Crippen molar-refractivity contribution in [2.24, 2.45) is 0 Å². The monoisotopic (exact) mass is 880 g/mol. The van der Waals surface area contributed by atoms with E-state index in [-0.39, 0.29) is 6.71 Å². The molecule has 2 saturated carbocycles. The fourth-order valence-corrected chi connectivity index (χ4v) is 15.3. The van der Waals surface area contributed by atoms with E-state index in [0.29, 0.717) is 11.8 Å². The van der Waals surface area contributed by atoms with Crippen LogP contribution in [-0.4, -0.2) is 15.8 Å². The van der Waals surface area contributed by atoms with Crippen LogP contribution in [0.5, 0.6) is 0 Å². The molecule has 17 rings (SSSR count). The van der Waals surface area contributed by atoms with Crippen molar-refractivity contribution in [2.75, 3.05) is 0 Å². The molecule has 0 amide bonds. The van der Waals surface area contributed by atoms with E-state index in [9.17, 15) is 0 Å². The first-order chi connectivity index (χ1) is 34.3. The number of fused-ring (bicyclic) bond motifs is 24. The van der Waals surface area contributed by atoms with Gasteiger partial charge in [0.1, 0.15) is 0 Å². The van der Waals surface area contributed by atoms with Crippen molar-refractivity contribution in [1.29, 1.82) is 0 Å². The van der Waals surface area contributed by atoms with Crippen LogP contribution < -0.4 is 16.4 Å². The van der Waals surface area contributed by atoms with Crippen molar-refractivity contribution in [3.05, 3.63) is 175 Å². The van der Waals surface area contributed by atoms with Crippen molar-refractivity contribution >= 4 is 131 Å². The maximum absolute atomic E-state index is 2.74. The molecular formula is C66H49BN2. The summed E-state index contributed by atoms with van der Waals surface area (Å²) in [6, 6.07) is 64.7. The minimum absolute atomic E-state index is 0.0355. The first-order valence-corrected chi connectivity index (χ1v) is 26.1. The molecule has 4 heterocycles. The highest BCUT2D eigenvalue weighted by Gasteiger charge is 2.43. The summed E-state index contributed by atoms with van der Waals surface area (Å²) in [6.45, 7) is 0.0355. The lowest BCUT2D eigenvalue weighted by molar-refractivity contribution is 0.444. The van der Waals surface area contributed by atoms with Gasteiger partial charge in [-0.15, -0.1) is 0 Å². The first-order valence-electron chi connectivity index (χ1n) is 26.1. The summed E-state index contributed by atoms with van der Waals surface area (Å²) in [7, 11) is 0. The van der Waals surface area contributed by atoms with Crippen LogP contribution in [0, 0.1) is 0 Å². The Morgan fingerprint density at radius 1 is 0.319 bits per heavy atom. The lowest BCUT2D eigenvalue weighted by atomic mass is 9.33. The Morgan fingerprint density at radius 3 is 1.46 bits per heavy atom. The van der Waals surface area contributed by atoms with Crippen LogP contribution in [0.1, 0.15) is 87.2 Å². The summed E-state index contributed by atoms with van der Waals surface area (Å²) >= 11 is 0. The van der Waals surface area contributed by atoms with Gasteiger partial charge in [0.25, 0.3) is 6.71 Å². The maximum atomic E-state index is 2.74. The van der Waals surface area contributed by atoms with E-state index in [1.165, 1.54) is 200 Å². The van der Waals surface area contributed by atoms with E-state index in [1.54, 1.807) is 11.1 Å². The van der Waals surface area contributed by atoms with E-state index in [1.807, 2.05) is 0 Å². The normalized spacial score (nSPS) is 16.3. The first kappa shape index (κ1) is 37.6. The third-order valence-corrected chi connectivity index (χ3v) is 18.2. The van der Waals surface area contributed by atoms with Crippen molar-refractivity contribution < 1.29 is 0 Å². The van der Waals surface area contributed by atoms with Gasteiger partial charge in [-0.2, -0.15) is 0 Å². The average molecular weight is 881 g/mol. The van der Waals surface area contributed by atoms with E-state index >= 15 is 0 Å². The Kier molecular flexibility index (Phi) is 7.45. The van der Waals surface area contributed by atoms with Crippen LogP contribution >= 0.6 is 0 Å². The van der Waals surface area contributed by atoms with Crippen LogP contribution in [0.2, 0.25) is 0 Å². The number of benzene rings is 11. The van der Waals surface area contributed by atoms with Gasteiger partial charge < -0.3 is 9.13 Å². The smallest absolute Gasteiger partial charge is 0.253 e. The van der Waals surface area contributed by atoms with E-state index in [0.717, 1.165) is 0 Å². The standard InChI is InChI=1S/C66H49BN2/c1-3-16-38(17-4-1)40-30-32-56-51(34-40)53-35-41(39-18-5-2-6-19-39)36-55-65(53)68(56)58-28-15-29-59-63(58)67(55)64-61-49-27-14-12-23-45(49)43-21-8-10-25-47(43)52(61)37-54-62-57(69(59)66(54)64)33-31-50-46-24-9-7-20-42(46)44-22-11-13-26-48(44)60(50)62/h7-15,20-39H,1-6,16-19H2. The third kappa shape index (κ3) is 4.79. The fraction of sp³-hybridized carbons (Fsp3) is 0.182. The Labute approximate surface area is 400 Å². The Bertz CT molecular complexity index is 4420. The van der Waals surface area contributed by atoms with Crippen LogP contribution in [0.4, 0.5) is 0 Å². The highest BCUT2D eigenvalue weighted by atomic mass is 15.0. The molecular weight excluding hydrogens is 832 g/mol. The van der Waals surface area contributed by atoms with Gasteiger partial charge in [-0.3, -0.25) is 0 Å². The SMILES string of the molecule is c1cc2c3c(c1)-n1c4ccc5c6ccccc6c6ccccc6c5c4c4cc5c6ccccc6c6ccccc6c5c(c41)B3c1cc(C3CCCCC3)cc3c4cc(C5CCCCC5)ccc4n-2c13. The van der Waals surface area contributed by atoms with Crippen LogP contribution in [0.15, 0.2) is 164 Å². The summed E-state index contributed by atoms with van der Waals surface area (Å²) in [4.78, 5) is 0. The van der Waals surface area contributed by atoms with Gasteiger partial charge in [0.2, 0.25) is 0 Å². The molecule has 0 bridgehead atoms. The summed E-state index contributed by atoms with van der Waals surface area (Å²) in [5, 5.41) is 21.7. The minimum Gasteiger partial charge on any atom is -0.310 e. The summed E-state index contributed by atoms with van der Waals surface area (Å²) < 4.78 is 5.44. The number of hydrogen-bond acceptors (Lipinski definition) is 0. The van der Waals surface area contributed by atoms with Gasteiger partial charge in [0.05, 0.1) is 16.6 Å². The predicted octanol–water partition coefficient (Wildman–Crippen LogP) is 16.0. The van der Waals surface area contributed by atoms with Crippen LogP contribution in [0.3, 0.4) is 0 Å². The summed E-state index contributed by atoms with van der Waals surface area (Å²) in [5.41, 5.74) is 15.6. The van der Waals surface area contributed by atoms with Crippen LogP contribution in [0.25, 0.3) is 120 Å². The molecule has 4 aliphatic rings. The lowest BCUT2D eigenvalue weighted by Crippen LogP contribution is -2.59. The van der Waals surface area contributed by atoms with Gasteiger partial charge in [-0.1, -0.05) is 160 Å². The average Bonchev–Trinajstić information content (AvgIpc) is 3.94. The molecule has 0 unspecified atom stereocenters. The molecule has 0 saturated heterocycles. The highest BCUT2D eigenvalue weighted by Crippen LogP contribution is 2.49. The molecule has 69 heavy (non-hydrogen) atoms. The lowest BCUT2D eigenvalue weighted by Gasteiger charge is -2.35. The Balaban J connectivity index is 1.11. The van der Waals surface area contributed by atoms with Crippen molar-refractivity contribution in [3.8, 4) is 11.4 Å². The molecule has 3 heteroatoms.